The van der Waals surface area contributed by atoms with Gasteiger partial charge < -0.3 is 10.4 Å². The number of fused-ring (bicyclic) bond motifs is 1. The molecule has 2 N–H and O–H groups in total. The summed E-state index contributed by atoms with van der Waals surface area (Å²) >= 11 is 0. The molecular weight excluding hydrogens is 288 g/mol. The van der Waals surface area contributed by atoms with Crippen LogP contribution in [0, 0.1) is 5.92 Å². The van der Waals surface area contributed by atoms with Gasteiger partial charge in [-0.15, -0.1) is 0 Å². The molecule has 0 fully saturated rings. The van der Waals surface area contributed by atoms with Crippen molar-refractivity contribution in [3.63, 3.8) is 0 Å². The van der Waals surface area contributed by atoms with E-state index in [1.165, 1.54) is 6.08 Å². The van der Waals surface area contributed by atoms with Gasteiger partial charge >= 0.3 is 0 Å². The molecule has 2 aromatic rings. The summed E-state index contributed by atoms with van der Waals surface area (Å²) < 4.78 is 0. The summed E-state index contributed by atoms with van der Waals surface area (Å²) in [4.78, 5) is 16.4. The van der Waals surface area contributed by atoms with Gasteiger partial charge in [0.1, 0.15) is 0 Å². The van der Waals surface area contributed by atoms with E-state index in [0.717, 1.165) is 35.9 Å². The largest absolute Gasteiger partial charge is 0.396 e. The minimum atomic E-state index is -0.126. The summed E-state index contributed by atoms with van der Waals surface area (Å²) in [5, 5.41) is 13.0. The number of aliphatic hydroxyl groups excluding tert-OH is 1. The Morgan fingerprint density at radius 3 is 2.87 bits per heavy atom. The van der Waals surface area contributed by atoms with E-state index in [-0.39, 0.29) is 12.5 Å². The fourth-order valence-electron chi connectivity index (χ4n) is 2.58. The highest BCUT2D eigenvalue weighted by Crippen LogP contribution is 2.12. The first-order chi connectivity index (χ1) is 11.2. The lowest BCUT2D eigenvalue weighted by Crippen LogP contribution is -2.28. The van der Waals surface area contributed by atoms with Gasteiger partial charge in [-0.1, -0.05) is 37.6 Å². The second kappa shape index (κ2) is 9.06. The second-order valence-electron chi connectivity index (χ2n) is 5.67. The monoisotopic (exact) mass is 312 g/mol. The molecule has 1 unspecified atom stereocenters. The van der Waals surface area contributed by atoms with Crippen LogP contribution in [0.4, 0.5) is 0 Å². The number of carbonyl (C=O) groups excluding carboxylic acids is 1. The quantitative estimate of drug-likeness (QED) is 0.736. The van der Waals surface area contributed by atoms with Gasteiger partial charge in [0.2, 0.25) is 5.91 Å². The summed E-state index contributed by atoms with van der Waals surface area (Å²) in [5.41, 5.74) is 1.68. The Bertz CT molecular complexity index is 661. The van der Waals surface area contributed by atoms with Crippen LogP contribution in [-0.2, 0) is 4.79 Å². The van der Waals surface area contributed by atoms with Crippen molar-refractivity contribution in [2.75, 3.05) is 13.2 Å². The molecule has 4 heteroatoms. The zero-order chi connectivity index (χ0) is 16.5. The van der Waals surface area contributed by atoms with E-state index in [9.17, 15) is 4.79 Å². The van der Waals surface area contributed by atoms with E-state index in [0.29, 0.717) is 12.5 Å². The van der Waals surface area contributed by atoms with Gasteiger partial charge in [-0.2, -0.15) is 0 Å². The van der Waals surface area contributed by atoms with Gasteiger partial charge in [0.25, 0.3) is 0 Å². The Balaban J connectivity index is 1.91. The zero-order valence-electron chi connectivity index (χ0n) is 13.5. The molecule has 1 heterocycles. The number of rotatable bonds is 8. The molecule has 0 aliphatic heterocycles. The second-order valence-corrected chi connectivity index (χ2v) is 5.67. The molecule has 0 bridgehead atoms. The number of benzene rings is 1. The van der Waals surface area contributed by atoms with Gasteiger partial charge in [-0.05, 0) is 37.0 Å². The van der Waals surface area contributed by atoms with Crippen molar-refractivity contribution in [3.8, 4) is 0 Å². The molecule has 122 valence electrons. The minimum Gasteiger partial charge on any atom is -0.396 e. The maximum Gasteiger partial charge on any atom is 0.244 e. The number of para-hydroxylation sites is 1. The number of aromatic nitrogens is 1. The molecule has 4 nitrogen and oxygen atoms in total. The number of hydrogen-bond acceptors (Lipinski definition) is 3. The predicted octanol–water partition coefficient (Wildman–Crippen LogP) is 3.16. The predicted molar refractivity (Wildman–Crippen MR) is 93.9 cm³/mol. The van der Waals surface area contributed by atoms with Crippen molar-refractivity contribution in [1.29, 1.82) is 0 Å². The van der Waals surface area contributed by atoms with Crippen LogP contribution in [0.25, 0.3) is 17.0 Å². The molecule has 0 radical (unpaired) electrons. The van der Waals surface area contributed by atoms with Crippen LogP contribution in [0.5, 0.6) is 0 Å². The number of amides is 1. The van der Waals surface area contributed by atoms with Crippen molar-refractivity contribution in [3.05, 3.63) is 48.2 Å². The Morgan fingerprint density at radius 1 is 1.26 bits per heavy atom. The number of nitrogens with zero attached hydrogens (tertiary/aromatic N) is 1. The third kappa shape index (κ3) is 5.49. The van der Waals surface area contributed by atoms with Gasteiger partial charge in [0.15, 0.2) is 0 Å². The summed E-state index contributed by atoms with van der Waals surface area (Å²) in [7, 11) is 0. The Kier molecular flexibility index (Phi) is 6.76. The molecule has 1 aromatic heterocycles. The molecule has 1 atom stereocenters. The van der Waals surface area contributed by atoms with Gasteiger partial charge in [-0.25, -0.2) is 4.98 Å². The van der Waals surface area contributed by atoms with Crippen LogP contribution < -0.4 is 5.32 Å². The van der Waals surface area contributed by atoms with E-state index < -0.39 is 0 Å². The fraction of sp³-hybridized carbons (Fsp3) is 0.368. The first kappa shape index (κ1) is 17.2. The van der Waals surface area contributed by atoms with Crippen LogP contribution in [0.1, 0.15) is 31.9 Å². The number of carbonyl (C=O) groups is 1. The smallest absolute Gasteiger partial charge is 0.244 e. The topological polar surface area (TPSA) is 62.2 Å². The van der Waals surface area contributed by atoms with Crippen LogP contribution in [0.15, 0.2) is 42.5 Å². The van der Waals surface area contributed by atoms with Crippen LogP contribution >= 0.6 is 0 Å². The maximum atomic E-state index is 11.9. The van der Waals surface area contributed by atoms with Gasteiger partial charge in [-0.3, -0.25) is 4.79 Å². The van der Waals surface area contributed by atoms with Crippen LogP contribution in [0.2, 0.25) is 0 Å². The summed E-state index contributed by atoms with van der Waals surface area (Å²) in [6.07, 6.45) is 6.03. The van der Waals surface area contributed by atoms with E-state index in [1.54, 1.807) is 6.08 Å². The molecule has 23 heavy (non-hydrogen) atoms. The summed E-state index contributed by atoms with van der Waals surface area (Å²) in [6, 6.07) is 11.8. The highest BCUT2D eigenvalue weighted by Gasteiger charge is 2.08. The van der Waals surface area contributed by atoms with E-state index in [2.05, 4.69) is 17.2 Å². The normalized spacial score (nSPS) is 12.6. The average Bonchev–Trinajstić information content (AvgIpc) is 2.58. The number of pyridine rings is 1. The lowest BCUT2D eigenvalue weighted by molar-refractivity contribution is -0.116. The highest BCUT2D eigenvalue weighted by atomic mass is 16.3. The number of hydrogen-bond donors (Lipinski definition) is 2. The van der Waals surface area contributed by atoms with Crippen molar-refractivity contribution < 1.29 is 9.90 Å². The molecule has 0 saturated heterocycles. The van der Waals surface area contributed by atoms with Crippen molar-refractivity contribution in [1.82, 2.24) is 10.3 Å². The summed E-state index contributed by atoms with van der Waals surface area (Å²) in [6.45, 7) is 2.87. The van der Waals surface area contributed by atoms with Crippen molar-refractivity contribution in [2.24, 2.45) is 5.92 Å². The zero-order valence-corrected chi connectivity index (χ0v) is 13.5. The first-order valence-electron chi connectivity index (χ1n) is 8.15. The van der Waals surface area contributed by atoms with Gasteiger partial charge in [0, 0.05) is 24.6 Å². The molecule has 2 rings (SSSR count). The van der Waals surface area contributed by atoms with E-state index in [4.69, 9.17) is 5.11 Å². The maximum absolute atomic E-state index is 11.9. The van der Waals surface area contributed by atoms with Crippen LogP contribution in [0.3, 0.4) is 0 Å². The minimum absolute atomic E-state index is 0.126. The Labute approximate surface area is 137 Å². The Morgan fingerprint density at radius 2 is 2.09 bits per heavy atom. The third-order valence-electron chi connectivity index (χ3n) is 3.82. The summed E-state index contributed by atoms with van der Waals surface area (Å²) in [5.74, 6) is 0.208. The first-order valence-corrected chi connectivity index (χ1v) is 8.15. The molecule has 0 aliphatic carbocycles. The Hall–Kier alpha value is -2.20. The van der Waals surface area contributed by atoms with Crippen molar-refractivity contribution in [2.45, 2.75) is 26.2 Å². The van der Waals surface area contributed by atoms with Crippen molar-refractivity contribution >= 4 is 22.9 Å². The number of aliphatic hydroxyl groups is 1. The average molecular weight is 312 g/mol. The molecule has 1 amide bonds. The standard InChI is InChI=1S/C19H24N2O2/c1-2-5-15(12-13-22)14-20-19(23)11-10-17-9-8-16-6-3-4-7-18(16)21-17/h3-4,6-11,15,22H,2,5,12-14H2,1H3,(H,20,23)/b11-10+. The third-order valence-corrected chi connectivity index (χ3v) is 3.82. The van der Waals surface area contributed by atoms with Crippen LogP contribution in [-0.4, -0.2) is 29.1 Å². The molecular formula is C19H24N2O2. The lowest BCUT2D eigenvalue weighted by atomic mass is 10.0. The lowest BCUT2D eigenvalue weighted by Gasteiger charge is -2.14. The van der Waals surface area contributed by atoms with E-state index >= 15 is 0 Å². The molecule has 0 aliphatic rings. The molecule has 0 spiro atoms. The van der Waals surface area contributed by atoms with Gasteiger partial charge in [0.05, 0.1) is 11.2 Å². The highest BCUT2D eigenvalue weighted by molar-refractivity contribution is 5.91. The molecule has 1 aromatic carbocycles. The SMILES string of the molecule is CCCC(CCO)CNC(=O)/C=C/c1ccc2ccccc2n1. The molecule has 0 saturated carbocycles. The number of nitrogens with one attached hydrogen (secondary N) is 1. The fourth-order valence-corrected chi connectivity index (χ4v) is 2.58. The van der Waals surface area contributed by atoms with E-state index in [1.807, 2.05) is 36.4 Å².